The first-order chi connectivity index (χ1) is 11.4. The van der Waals surface area contributed by atoms with Crippen LogP contribution >= 0.6 is 23.8 Å². The van der Waals surface area contributed by atoms with Crippen LogP contribution < -0.4 is 20.1 Å². The quantitative estimate of drug-likeness (QED) is 0.610. The highest BCUT2D eigenvalue weighted by Crippen LogP contribution is 2.39. The molecule has 0 saturated carbocycles. The SMILES string of the molecule is CCOC(=O)C1=C(C)NC(=S)N[C@@H]1c1cc(Cl)c(OC)c(OC)c1. The van der Waals surface area contributed by atoms with Gasteiger partial charge in [0.25, 0.3) is 0 Å². The molecule has 2 rings (SSSR count). The number of carbonyl (C=O) groups is 1. The Morgan fingerprint density at radius 1 is 1.33 bits per heavy atom. The van der Waals surface area contributed by atoms with Crippen molar-refractivity contribution in [1.82, 2.24) is 10.6 Å². The molecule has 0 radical (unpaired) electrons. The monoisotopic (exact) mass is 370 g/mol. The van der Waals surface area contributed by atoms with Gasteiger partial charge in [-0.3, -0.25) is 0 Å². The zero-order valence-corrected chi connectivity index (χ0v) is 15.4. The summed E-state index contributed by atoms with van der Waals surface area (Å²) >= 11 is 11.5. The minimum atomic E-state index is -0.505. The van der Waals surface area contributed by atoms with Gasteiger partial charge in [0.05, 0.1) is 37.5 Å². The van der Waals surface area contributed by atoms with Gasteiger partial charge in [0.1, 0.15) is 0 Å². The number of methoxy groups -OCH3 is 2. The minimum absolute atomic E-state index is 0.277. The summed E-state index contributed by atoms with van der Waals surface area (Å²) in [6.07, 6.45) is 0. The van der Waals surface area contributed by atoms with E-state index in [1.54, 1.807) is 26.0 Å². The molecule has 1 heterocycles. The summed E-state index contributed by atoms with van der Waals surface area (Å²) in [5, 5.41) is 6.81. The summed E-state index contributed by atoms with van der Waals surface area (Å²) in [7, 11) is 3.03. The molecule has 1 aliphatic rings. The number of nitrogens with one attached hydrogen (secondary N) is 2. The fourth-order valence-electron chi connectivity index (χ4n) is 2.53. The lowest BCUT2D eigenvalue weighted by Gasteiger charge is -2.30. The number of benzene rings is 1. The smallest absolute Gasteiger partial charge is 0.338 e. The van der Waals surface area contributed by atoms with Gasteiger partial charge in [0.2, 0.25) is 0 Å². The van der Waals surface area contributed by atoms with Crippen LogP contribution in [0.3, 0.4) is 0 Å². The summed E-state index contributed by atoms with van der Waals surface area (Å²) in [4.78, 5) is 12.4. The van der Waals surface area contributed by atoms with Gasteiger partial charge in [-0.25, -0.2) is 4.79 Å². The van der Waals surface area contributed by atoms with Crippen molar-refractivity contribution in [3.05, 3.63) is 34.0 Å². The third-order valence-electron chi connectivity index (χ3n) is 3.55. The number of hydrogen-bond acceptors (Lipinski definition) is 5. The average Bonchev–Trinajstić information content (AvgIpc) is 2.53. The predicted octanol–water partition coefficient (Wildman–Crippen LogP) is 2.71. The molecule has 1 aromatic carbocycles. The molecule has 130 valence electrons. The standard InChI is InChI=1S/C16H19ClN2O4S/c1-5-23-15(20)12-8(2)18-16(24)19-13(12)9-6-10(17)14(22-4)11(7-9)21-3/h6-7,13H,5H2,1-4H3,(H2,18,19,24)/t13-/m1/s1. The first-order valence-electron chi connectivity index (χ1n) is 7.29. The zero-order chi connectivity index (χ0) is 17.9. The summed E-state index contributed by atoms with van der Waals surface area (Å²) in [6.45, 7) is 3.80. The molecule has 6 nitrogen and oxygen atoms in total. The lowest BCUT2D eigenvalue weighted by molar-refractivity contribution is -0.139. The van der Waals surface area contributed by atoms with Crippen molar-refractivity contribution in [2.45, 2.75) is 19.9 Å². The highest BCUT2D eigenvalue weighted by atomic mass is 35.5. The van der Waals surface area contributed by atoms with Gasteiger partial charge in [0, 0.05) is 5.70 Å². The van der Waals surface area contributed by atoms with E-state index in [0.29, 0.717) is 38.5 Å². The summed E-state index contributed by atoms with van der Waals surface area (Å²) in [5.41, 5.74) is 1.78. The molecule has 0 aliphatic carbocycles. The summed E-state index contributed by atoms with van der Waals surface area (Å²) in [6, 6.07) is 2.96. The molecular formula is C16H19ClN2O4S. The predicted molar refractivity (Wildman–Crippen MR) is 95.5 cm³/mol. The van der Waals surface area contributed by atoms with Crippen molar-refractivity contribution < 1.29 is 19.0 Å². The molecule has 0 fully saturated rings. The molecule has 0 unspecified atom stereocenters. The van der Waals surface area contributed by atoms with Gasteiger partial charge in [-0.15, -0.1) is 0 Å². The van der Waals surface area contributed by atoms with Crippen molar-refractivity contribution in [3.8, 4) is 11.5 Å². The van der Waals surface area contributed by atoms with E-state index in [4.69, 9.17) is 38.0 Å². The number of allylic oxidation sites excluding steroid dienone is 1. The second-order valence-electron chi connectivity index (χ2n) is 5.03. The minimum Gasteiger partial charge on any atom is -0.493 e. The number of esters is 1. The maximum Gasteiger partial charge on any atom is 0.338 e. The van der Waals surface area contributed by atoms with Crippen LogP contribution in [0.4, 0.5) is 0 Å². The van der Waals surface area contributed by atoms with Gasteiger partial charge in [-0.2, -0.15) is 0 Å². The molecule has 0 bridgehead atoms. The number of thiocarbonyl (C=S) groups is 1. The van der Waals surface area contributed by atoms with E-state index < -0.39 is 12.0 Å². The normalized spacial score (nSPS) is 17.0. The molecule has 1 aromatic rings. The average molecular weight is 371 g/mol. The van der Waals surface area contributed by atoms with Crippen molar-refractivity contribution in [3.63, 3.8) is 0 Å². The third-order valence-corrected chi connectivity index (χ3v) is 4.05. The Balaban J connectivity index is 2.55. The molecule has 2 N–H and O–H groups in total. The maximum absolute atomic E-state index is 12.4. The molecule has 0 aromatic heterocycles. The first kappa shape index (κ1) is 18.4. The maximum atomic E-state index is 12.4. The largest absolute Gasteiger partial charge is 0.493 e. The highest BCUT2D eigenvalue weighted by Gasteiger charge is 2.32. The number of rotatable bonds is 5. The highest BCUT2D eigenvalue weighted by molar-refractivity contribution is 7.80. The number of ether oxygens (including phenoxy) is 3. The van der Waals surface area contributed by atoms with Crippen LogP contribution in [0.5, 0.6) is 11.5 Å². The van der Waals surface area contributed by atoms with Gasteiger partial charge in [-0.05, 0) is 43.8 Å². The Morgan fingerprint density at radius 3 is 2.62 bits per heavy atom. The van der Waals surface area contributed by atoms with Crippen LogP contribution in [0.1, 0.15) is 25.5 Å². The van der Waals surface area contributed by atoms with Crippen molar-refractivity contribution in [2.75, 3.05) is 20.8 Å². The molecule has 24 heavy (non-hydrogen) atoms. The van der Waals surface area contributed by atoms with Crippen molar-refractivity contribution in [1.29, 1.82) is 0 Å². The van der Waals surface area contributed by atoms with E-state index >= 15 is 0 Å². The van der Waals surface area contributed by atoms with E-state index in [9.17, 15) is 4.79 Å². The number of halogens is 1. The van der Waals surface area contributed by atoms with Crippen LogP contribution in [0.25, 0.3) is 0 Å². The van der Waals surface area contributed by atoms with Crippen molar-refractivity contribution >= 4 is 34.9 Å². The van der Waals surface area contributed by atoms with Crippen molar-refractivity contribution in [2.24, 2.45) is 0 Å². The fraction of sp³-hybridized carbons (Fsp3) is 0.375. The molecule has 0 spiro atoms. The van der Waals surface area contributed by atoms with Crippen LogP contribution in [0.15, 0.2) is 23.4 Å². The Labute approximate surface area is 151 Å². The Hall–Kier alpha value is -1.99. The molecule has 8 heteroatoms. The number of carbonyl (C=O) groups excluding carboxylic acids is 1. The first-order valence-corrected chi connectivity index (χ1v) is 8.08. The topological polar surface area (TPSA) is 68.8 Å². The molecule has 0 amide bonds. The lowest BCUT2D eigenvalue weighted by Crippen LogP contribution is -2.45. The Morgan fingerprint density at radius 2 is 2.04 bits per heavy atom. The number of hydrogen-bond donors (Lipinski definition) is 2. The van der Waals surface area contributed by atoms with Crippen LogP contribution in [0, 0.1) is 0 Å². The fourth-order valence-corrected chi connectivity index (χ4v) is 3.10. The van der Waals surface area contributed by atoms with Gasteiger partial charge in [-0.1, -0.05) is 11.6 Å². The lowest BCUT2D eigenvalue weighted by atomic mass is 9.95. The van der Waals surface area contributed by atoms with E-state index in [0.717, 1.165) is 0 Å². The van der Waals surface area contributed by atoms with E-state index in [1.807, 2.05) is 0 Å². The molecular weight excluding hydrogens is 352 g/mol. The van der Waals surface area contributed by atoms with Crippen LogP contribution in [0.2, 0.25) is 5.02 Å². The second kappa shape index (κ2) is 7.72. The van der Waals surface area contributed by atoms with Gasteiger partial charge < -0.3 is 24.8 Å². The van der Waals surface area contributed by atoms with Crippen LogP contribution in [-0.2, 0) is 9.53 Å². The Kier molecular flexibility index (Phi) is 5.90. The van der Waals surface area contributed by atoms with E-state index in [1.165, 1.54) is 14.2 Å². The van der Waals surface area contributed by atoms with Gasteiger partial charge >= 0.3 is 5.97 Å². The molecule has 1 aliphatic heterocycles. The summed E-state index contributed by atoms with van der Waals surface area (Å²) < 4.78 is 15.7. The zero-order valence-electron chi connectivity index (χ0n) is 13.9. The second-order valence-corrected chi connectivity index (χ2v) is 5.84. The Bertz CT molecular complexity index is 706. The van der Waals surface area contributed by atoms with E-state index in [2.05, 4.69) is 10.6 Å². The van der Waals surface area contributed by atoms with Crippen LogP contribution in [-0.4, -0.2) is 31.9 Å². The van der Waals surface area contributed by atoms with E-state index in [-0.39, 0.29) is 6.61 Å². The summed E-state index contributed by atoms with van der Waals surface area (Å²) in [5.74, 6) is 0.471. The molecule has 1 atom stereocenters. The third kappa shape index (κ3) is 3.57. The molecule has 0 saturated heterocycles. The van der Waals surface area contributed by atoms with Gasteiger partial charge in [0.15, 0.2) is 16.6 Å².